The Labute approximate surface area is 173 Å². The summed E-state index contributed by atoms with van der Waals surface area (Å²) < 4.78 is 10.3. The first kappa shape index (κ1) is 19.6. The fourth-order valence-corrected chi connectivity index (χ4v) is 3.32. The number of benzene rings is 1. The van der Waals surface area contributed by atoms with Crippen molar-refractivity contribution in [3.8, 4) is 22.6 Å². The zero-order chi connectivity index (χ0) is 21.3. The Morgan fingerprint density at radius 3 is 2.67 bits per heavy atom. The Morgan fingerprint density at radius 1 is 1.23 bits per heavy atom. The van der Waals surface area contributed by atoms with Crippen LogP contribution in [0.15, 0.2) is 41.1 Å². The van der Waals surface area contributed by atoms with E-state index in [2.05, 4.69) is 20.4 Å². The van der Waals surface area contributed by atoms with E-state index < -0.39 is 6.09 Å². The van der Waals surface area contributed by atoms with Crippen LogP contribution in [0.4, 0.5) is 10.5 Å². The van der Waals surface area contributed by atoms with E-state index in [9.17, 15) is 9.59 Å². The standard InChI is InChI=1S/C21H21N5O4/c1-12-8-15(16-4-6-18(23-9-16)20-24-14(3)30-25-20)5-7-19(12)26-11-17(29-21(26)28)10-22-13(2)27/h4-9,17H,10-11H2,1-3H3,(H,22,27). The summed E-state index contributed by atoms with van der Waals surface area (Å²) in [6, 6.07) is 9.61. The van der Waals surface area contributed by atoms with Gasteiger partial charge in [-0.15, -0.1) is 0 Å². The predicted octanol–water partition coefficient (Wildman–Crippen LogP) is 2.88. The van der Waals surface area contributed by atoms with Crippen molar-refractivity contribution in [2.24, 2.45) is 0 Å². The summed E-state index contributed by atoms with van der Waals surface area (Å²) in [4.78, 5) is 33.5. The summed E-state index contributed by atoms with van der Waals surface area (Å²) in [6.45, 7) is 5.79. The molecule has 2 aromatic heterocycles. The molecule has 0 bridgehead atoms. The molecule has 9 nitrogen and oxygen atoms in total. The number of amides is 2. The topological polar surface area (TPSA) is 110 Å². The van der Waals surface area contributed by atoms with Crippen molar-refractivity contribution in [2.45, 2.75) is 26.9 Å². The van der Waals surface area contributed by atoms with Gasteiger partial charge in [0.25, 0.3) is 0 Å². The summed E-state index contributed by atoms with van der Waals surface area (Å²) in [5.41, 5.74) is 4.25. The highest BCUT2D eigenvalue weighted by Gasteiger charge is 2.33. The Morgan fingerprint density at radius 2 is 2.03 bits per heavy atom. The number of nitrogens with one attached hydrogen (secondary N) is 1. The smallest absolute Gasteiger partial charge is 0.414 e. The van der Waals surface area contributed by atoms with Gasteiger partial charge in [-0.25, -0.2) is 4.79 Å². The molecule has 154 valence electrons. The van der Waals surface area contributed by atoms with E-state index in [-0.39, 0.29) is 12.0 Å². The van der Waals surface area contributed by atoms with Crippen LogP contribution in [0, 0.1) is 13.8 Å². The van der Waals surface area contributed by atoms with Crippen LogP contribution in [0.5, 0.6) is 0 Å². The molecular weight excluding hydrogens is 386 g/mol. The largest absolute Gasteiger partial charge is 0.442 e. The maximum absolute atomic E-state index is 12.3. The van der Waals surface area contributed by atoms with E-state index in [0.29, 0.717) is 30.5 Å². The summed E-state index contributed by atoms with van der Waals surface area (Å²) in [5, 5.41) is 6.55. The van der Waals surface area contributed by atoms with Crippen LogP contribution >= 0.6 is 0 Å². The normalized spacial score (nSPS) is 15.9. The van der Waals surface area contributed by atoms with Crippen LogP contribution < -0.4 is 10.2 Å². The third kappa shape index (κ3) is 4.00. The number of nitrogens with zero attached hydrogens (tertiary/aromatic N) is 4. The van der Waals surface area contributed by atoms with Crippen molar-refractivity contribution in [3.05, 3.63) is 48.0 Å². The number of cyclic esters (lactones) is 1. The fraction of sp³-hybridized carbons (Fsp3) is 0.286. The van der Waals surface area contributed by atoms with Crippen molar-refractivity contribution in [1.29, 1.82) is 0 Å². The van der Waals surface area contributed by atoms with Gasteiger partial charge in [0.15, 0.2) is 0 Å². The molecule has 0 spiro atoms. The number of aromatic nitrogens is 3. The first-order chi connectivity index (χ1) is 14.4. The molecule has 9 heteroatoms. The zero-order valence-corrected chi connectivity index (χ0v) is 16.9. The highest BCUT2D eigenvalue weighted by Crippen LogP contribution is 2.30. The van der Waals surface area contributed by atoms with Gasteiger partial charge in [-0.1, -0.05) is 17.3 Å². The molecule has 2 amide bonds. The van der Waals surface area contributed by atoms with Crippen LogP contribution in [0.25, 0.3) is 22.6 Å². The van der Waals surface area contributed by atoms with Gasteiger partial charge in [0, 0.05) is 25.6 Å². The third-order valence-electron chi connectivity index (χ3n) is 4.79. The molecule has 1 aliphatic heterocycles. The molecule has 1 N–H and O–H groups in total. The van der Waals surface area contributed by atoms with E-state index in [1.165, 1.54) is 6.92 Å². The van der Waals surface area contributed by atoms with Crippen molar-refractivity contribution < 1.29 is 18.8 Å². The number of anilines is 1. The van der Waals surface area contributed by atoms with Gasteiger partial charge in [-0.2, -0.15) is 4.98 Å². The molecular formula is C21H21N5O4. The monoisotopic (exact) mass is 407 g/mol. The van der Waals surface area contributed by atoms with Crippen LogP contribution in [-0.2, 0) is 9.53 Å². The minimum atomic E-state index is -0.414. The number of carbonyl (C=O) groups excluding carboxylic acids is 2. The third-order valence-corrected chi connectivity index (χ3v) is 4.79. The number of hydrogen-bond acceptors (Lipinski definition) is 7. The lowest BCUT2D eigenvalue weighted by Gasteiger charge is -2.17. The Kier molecular flexibility index (Phi) is 5.18. The van der Waals surface area contributed by atoms with E-state index >= 15 is 0 Å². The van der Waals surface area contributed by atoms with Crippen molar-refractivity contribution in [1.82, 2.24) is 20.4 Å². The van der Waals surface area contributed by atoms with Gasteiger partial charge in [-0.05, 0) is 36.2 Å². The number of carbonyl (C=O) groups is 2. The van der Waals surface area contributed by atoms with E-state index in [1.807, 2.05) is 37.3 Å². The van der Waals surface area contributed by atoms with Gasteiger partial charge in [0.2, 0.25) is 17.6 Å². The van der Waals surface area contributed by atoms with Gasteiger partial charge in [0.05, 0.1) is 18.8 Å². The number of pyridine rings is 1. The lowest BCUT2D eigenvalue weighted by molar-refractivity contribution is -0.119. The summed E-state index contributed by atoms with van der Waals surface area (Å²) in [6.07, 6.45) is 0.969. The van der Waals surface area contributed by atoms with Gasteiger partial charge < -0.3 is 14.6 Å². The Balaban J connectivity index is 1.51. The molecule has 30 heavy (non-hydrogen) atoms. The molecule has 3 aromatic rings. The first-order valence-corrected chi connectivity index (χ1v) is 9.51. The predicted molar refractivity (Wildman–Crippen MR) is 109 cm³/mol. The maximum Gasteiger partial charge on any atom is 0.414 e. The first-order valence-electron chi connectivity index (χ1n) is 9.51. The maximum atomic E-state index is 12.3. The van der Waals surface area contributed by atoms with Crippen molar-refractivity contribution in [2.75, 3.05) is 18.0 Å². The van der Waals surface area contributed by atoms with E-state index in [0.717, 1.165) is 22.4 Å². The number of hydrogen-bond donors (Lipinski definition) is 1. The van der Waals surface area contributed by atoms with Gasteiger partial charge in [0.1, 0.15) is 11.8 Å². The molecule has 1 atom stereocenters. The van der Waals surface area contributed by atoms with Gasteiger partial charge >= 0.3 is 6.09 Å². The lowest BCUT2D eigenvalue weighted by Crippen LogP contribution is -2.33. The number of aryl methyl sites for hydroxylation is 2. The SMILES string of the molecule is CC(=O)NCC1CN(c2ccc(-c3ccc(-c4noc(C)n4)nc3)cc2C)C(=O)O1. The van der Waals surface area contributed by atoms with Crippen LogP contribution in [0.3, 0.4) is 0 Å². The van der Waals surface area contributed by atoms with Crippen LogP contribution in [0.1, 0.15) is 18.4 Å². The van der Waals surface area contributed by atoms with Crippen LogP contribution in [-0.4, -0.2) is 46.3 Å². The van der Waals surface area contributed by atoms with Crippen LogP contribution in [0.2, 0.25) is 0 Å². The molecule has 1 aliphatic rings. The van der Waals surface area contributed by atoms with Crippen molar-refractivity contribution in [3.63, 3.8) is 0 Å². The summed E-state index contributed by atoms with van der Waals surface area (Å²) in [7, 11) is 0. The van der Waals surface area contributed by atoms with Crippen molar-refractivity contribution >= 4 is 17.7 Å². The quantitative estimate of drug-likeness (QED) is 0.692. The number of ether oxygens (including phenoxy) is 1. The molecule has 0 radical (unpaired) electrons. The second-order valence-electron chi connectivity index (χ2n) is 7.12. The minimum absolute atomic E-state index is 0.154. The van der Waals surface area contributed by atoms with Gasteiger partial charge in [-0.3, -0.25) is 14.7 Å². The Bertz CT molecular complexity index is 1090. The fourth-order valence-electron chi connectivity index (χ4n) is 3.32. The molecule has 4 rings (SSSR count). The molecule has 1 saturated heterocycles. The molecule has 1 fully saturated rings. The number of rotatable bonds is 5. The lowest BCUT2D eigenvalue weighted by atomic mass is 10.0. The zero-order valence-electron chi connectivity index (χ0n) is 16.9. The highest BCUT2D eigenvalue weighted by atomic mass is 16.6. The summed E-state index contributed by atoms with van der Waals surface area (Å²) >= 11 is 0. The summed E-state index contributed by atoms with van der Waals surface area (Å²) in [5.74, 6) is 0.785. The average molecular weight is 407 g/mol. The van der Waals surface area contributed by atoms with E-state index in [4.69, 9.17) is 9.26 Å². The Hall–Kier alpha value is -3.75. The molecule has 0 saturated carbocycles. The second kappa shape index (κ2) is 7.94. The van der Waals surface area contributed by atoms with E-state index in [1.54, 1.807) is 18.0 Å². The highest BCUT2D eigenvalue weighted by molar-refractivity contribution is 5.91. The molecule has 1 aromatic carbocycles. The average Bonchev–Trinajstić information content (AvgIpc) is 3.32. The molecule has 1 unspecified atom stereocenters. The second-order valence-corrected chi connectivity index (χ2v) is 7.12. The molecule has 0 aliphatic carbocycles. The minimum Gasteiger partial charge on any atom is -0.442 e. The molecule has 3 heterocycles.